The molecule has 1 saturated heterocycles. The van der Waals surface area contributed by atoms with E-state index in [0.717, 1.165) is 25.1 Å². The molecular weight excluding hydrogens is 344 g/mol. The van der Waals surface area contributed by atoms with Crippen LogP contribution in [-0.4, -0.2) is 85.3 Å². The highest BCUT2D eigenvalue weighted by Gasteiger charge is 2.36. The summed E-state index contributed by atoms with van der Waals surface area (Å²) in [5.41, 5.74) is 2.20. The summed E-state index contributed by atoms with van der Waals surface area (Å²) in [5, 5.41) is 0. The second kappa shape index (κ2) is 8.08. The van der Waals surface area contributed by atoms with Crippen LogP contribution >= 0.6 is 0 Å². The second-order valence-electron chi connectivity index (χ2n) is 7.47. The van der Waals surface area contributed by atoms with Gasteiger partial charge in [0, 0.05) is 52.9 Å². The van der Waals surface area contributed by atoms with Crippen molar-refractivity contribution in [3.05, 3.63) is 29.8 Å². The van der Waals surface area contributed by atoms with Gasteiger partial charge in [0.15, 0.2) is 0 Å². The number of rotatable bonds is 3. The van der Waals surface area contributed by atoms with Crippen molar-refractivity contribution < 1.29 is 14.4 Å². The molecule has 0 radical (unpaired) electrons. The van der Waals surface area contributed by atoms with Gasteiger partial charge in [0.2, 0.25) is 17.7 Å². The second-order valence-corrected chi connectivity index (χ2v) is 7.47. The third kappa shape index (κ3) is 4.13. The minimum Gasteiger partial charge on any atom is -0.347 e. The number of fused-ring (bicyclic) bond motifs is 1. The van der Waals surface area contributed by atoms with Gasteiger partial charge < -0.3 is 14.7 Å². The predicted molar refractivity (Wildman–Crippen MR) is 103 cm³/mol. The predicted octanol–water partition coefficient (Wildman–Crippen LogP) is 0.587. The summed E-state index contributed by atoms with van der Waals surface area (Å²) in [6.45, 7) is 3.92. The molecule has 0 aliphatic carbocycles. The Morgan fingerprint density at radius 2 is 1.85 bits per heavy atom. The highest BCUT2D eigenvalue weighted by atomic mass is 16.2. The van der Waals surface area contributed by atoms with Gasteiger partial charge in [-0.1, -0.05) is 18.2 Å². The van der Waals surface area contributed by atoms with E-state index in [2.05, 4.69) is 6.07 Å². The molecule has 0 spiro atoms. The third-order valence-electron chi connectivity index (χ3n) is 5.36. The van der Waals surface area contributed by atoms with Gasteiger partial charge in [0.25, 0.3) is 0 Å². The number of piperazine rings is 1. The summed E-state index contributed by atoms with van der Waals surface area (Å²) in [4.78, 5) is 44.4. The first-order chi connectivity index (χ1) is 12.9. The smallest absolute Gasteiger partial charge is 0.246 e. The Bertz CT molecular complexity index is 734. The average molecular weight is 372 g/mol. The lowest BCUT2D eigenvalue weighted by Crippen LogP contribution is -2.61. The number of nitrogens with zero attached hydrogens (tertiary/aromatic N) is 4. The first-order valence-corrected chi connectivity index (χ1v) is 9.47. The first-order valence-electron chi connectivity index (χ1n) is 9.47. The molecule has 2 heterocycles. The van der Waals surface area contributed by atoms with Crippen molar-refractivity contribution in [3.63, 3.8) is 0 Å². The quantitative estimate of drug-likeness (QED) is 0.779. The lowest BCUT2D eigenvalue weighted by Gasteiger charge is -2.41. The molecule has 0 bridgehead atoms. The normalized spacial score (nSPS) is 20.2. The molecule has 0 saturated carbocycles. The number of amides is 3. The summed E-state index contributed by atoms with van der Waals surface area (Å²) < 4.78 is 0. The molecule has 146 valence electrons. The molecule has 1 aromatic rings. The number of hydrogen-bond donors (Lipinski definition) is 0. The molecule has 2 aliphatic heterocycles. The van der Waals surface area contributed by atoms with Gasteiger partial charge in [-0.05, 0) is 24.5 Å². The maximum absolute atomic E-state index is 13.0. The van der Waals surface area contributed by atoms with Gasteiger partial charge in [-0.15, -0.1) is 0 Å². The first kappa shape index (κ1) is 19.4. The molecule has 27 heavy (non-hydrogen) atoms. The van der Waals surface area contributed by atoms with Crippen LogP contribution in [0.4, 0.5) is 5.69 Å². The zero-order valence-corrected chi connectivity index (χ0v) is 16.4. The van der Waals surface area contributed by atoms with E-state index < -0.39 is 6.04 Å². The molecule has 1 fully saturated rings. The van der Waals surface area contributed by atoms with Crippen LogP contribution in [0.2, 0.25) is 0 Å². The standard InChI is InChI=1S/C20H28N4O3/c1-15(25)23-12-11-22(13-18(23)20(27)21(2)3)14-19(26)24-10-6-8-16-7-4-5-9-17(16)24/h4-5,7,9,18H,6,8,10-14H2,1-3H3. The van der Waals surface area contributed by atoms with Crippen molar-refractivity contribution in [1.29, 1.82) is 0 Å². The highest BCUT2D eigenvalue weighted by molar-refractivity contribution is 5.96. The molecule has 7 heteroatoms. The fraction of sp³-hybridized carbons (Fsp3) is 0.550. The molecule has 1 atom stereocenters. The van der Waals surface area contributed by atoms with E-state index in [1.807, 2.05) is 28.0 Å². The van der Waals surface area contributed by atoms with Crippen molar-refractivity contribution in [2.24, 2.45) is 0 Å². The Morgan fingerprint density at radius 1 is 1.11 bits per heavy atom. The lowest BCUT2D eigenvalue weighted by molar-refractivity contribution is -0.147. The van der Waals surface area contributed by atoms with Gasteiger partial charge in [0.05, 0.1) is 6.54 Å². The van der Waals surface area contributed by atoms with E-state index in [9.17, 15) is 14.4 Å². The van der Waals surface area contributed by atoms with E-state index in [4.69, 9.17) is 0 Å². The lowest BCUT2D eigenvalue weighted by atomic mass is 10.0. The van der Waals surface area contributed by atoms with Gasteiger partial charge >= 0.3 is 0 Å². The van der Waals surface area contributed by atoms with E-state index in [-0.39, 0.29) is 24.3 Å². The molecule has 7 nitrogen and oxygen atoms in total. The highest BCUT2D eigenvalue weighted by Crippen LogP contribution is 2.27. The summed E-state index contributed by atoms with van der Waals surface area (Å²) in [7, 11) is 3.38. The molecule has 0 N–H and O–H groups in total. The summed E-state index contributed by atoms with van der Waals surface area (Å²) in [6.07, 6.45) is 1.96. The Kier molecular flexibility index (Phi) is 5.79. The number of anilines is 1. The number of likely N-dealkylation sites (N-methyl/N-ethyl adjacent to an activating group) is 1. The van der Waals surface area contributed by atoms with Crippen molar-refractivity contribution in [3.8, 4) is 0 Å². The van der Waals surface area contributed by atoms with E-state index in [1.54, 1.807) is 19.0 Å². The van der Waals surface area contributed by atoms with Crippen LogP contribution in [0.5, 0.6) is 0 Å². The molecule has 1 aromatic carbocycles. The number of carbonyl (C=O) groups is 3. The van der Waals surface area contributed by atoms with Crippen LogP contribution in [0, 0.1) is 0 Å². The fourth-order valence-electron chi connectivity index (χ4n) is 3.94. The minimum atomic E-state index is -0.535. The maximum atomic E-state index is 13.0. The van der Waals surface area contributed by atoms with E-state index in [1.165, 1.54) is 17.4 Å². The van der Waals surface area contributed by atoms with Crippen LogP contribution in [0.1, 0.15) is 18.9 Å². The van der Waals surface area contributed by atoms with E-state index >= 15 is 0 Å². The van der Waals surface area contributed by atoms with Crippen LogP contribution < -0.4 is 4.90 Å². The number of aryl methyl sites for hydroxylation is 1. The average Bonchev–Trinajstić information content (AvgIpc) is 2.66. The number of para-hydroxylation sites is 1. The summed E-state index contributed by atoms with van der Waals surface area (Å²) in [6, 6.07) is 7.50. The Morgan fingerprint density at radius 3 is 2.56 bits per heavy atom. The topological polar surface area (TPSA) is 64.2 Å². The van der Waals surface area contributed by atoms with E-state index in [0.29, 0.717) is 19.6 Å². The number of hydrogen-bond acceptors (Lipinski definition) is 4. The summed E-state index contributed by atoms with van der Waals surface area (Å²) >= 11 is 0. The van der Waals surface area contributed by atoms with Crippen molar-refractivity contribution in [2.75, 3.05) is 51.7 Å². The Labute approximate surface area is 160 Å². The van der Waals surface area contributed by atoms with Crippen LogP contribution in [0.15, 0.2) is 24.3 Å². The van der Waals surface area contributed by atoms with Gasteiger partial charge in [-0.25, -0.2) is 0 Å². The fourth-order valence-corrected chi connectivity index (χ4v) is 3.94. The molecular formula is C20H28N4O3. The largest absolute Gasteiger partial charge is 0.347 e. The van der Waals surface area contributed by atoms with Crippen LogP contribution in [0.3, 0.4) is 0 Å². The van der Waals surface area contributed by atoms with Crippen molar-refractivity contribution in [1.82, 2.24) is 14.7 Å². The monoisotopic (exact) mass is 372 g/mol. The van der Waals surface area contributed by atoms with Crippen molar-refractivity contribution >= 4 is 23.4 Å². The molecule has 2 aliphatic rings. The Hall–Kier alpha value is -2.41. The molecule has 3 amide bonds. The van der Waals surface area contributed by atoms with Gasteiger partial charge in [-0.3, -0.25) is 19.3 Å². The van der Waals surface area contributed by atoms with Crippen molar-refractivity contribution in [2.45, 2.75) is 25.8 Å². The zero-order valence-electron chi connectivity index (χ0n) is 16.4. The number of carbonyl (C=O) groups excluding carboxylic acids is 3. The molecule has 3 rings (SSSR count). The Balaban J connectivity index is 1.70. The minimum absolute atomic E-state index is 0.0504. The zero-order chi connectivity index (χ0) is 19.6. The third-order valence-corrected chi connectivity index (χ3v) is 5.36. The summed E-state index contributed by atoms with van der Waals surface area (Å²) in [5.74, 6) is -0.161. The van der Waals surface area contributed by atoms with Gasteiger partial charge in [-0.2, -0.15) is 0 Å². The molecule has 0 aromatic heterocycles. The SMILES string of the molecule is CC(=O)N1CCN(CC(=O)N2CCCc3ccccc32)CC1C(=O)N(C)C. The van der Waals surface area contributed by atoms with Crippen LogP contribution in [0.25, 0.3) is 0 Å². The van der Waals surface area contributed by atoms with Gasteiger partial charge in [0.1, 0.15) is 6.04 Å². The molecule has 1 unspecified atom stereocenters. The number of benzene rings is 1. The van der Waals surface area contributed by atoms with Crippen LogP contribution in [-0.2, 0) is 20.8 Å². The maximum Gasteiger partial charge on any atom is 0.246 e.